The molecule has 1 fully saturated rings. The largest absolute Gasteiger partial charge is 0.493 e. The molecular formula is C15H24N2O4. The lowest BCUT2D eigenvalue weighted by molar-refractivity contribution is -0.122. The zero-order valence-electron chi connectivity index (χ0n) is 12.9. The first-order valence-electron chi connectivity index (χ1n) is 7.22. The van der Waals surface area contributed by atoms with E-state index in [1.165, 1.54) is 0 Å². The third kappa shape index (κ3) is 3.28. The van der Waals surface area contributed by atoms with Gasteiger partial charge in [0.15, 0.2) is 11.5 Å². The van der Waals surface area contributed by atoms with Gasteiger partial charge in [-0.3, -0.25) is 9.88 Å². The fourth-order valence-electron chi connectivity index (χ4n) is 2.76. The first kappa shape index (κ1) is 16.0. The maximum atomic E-state index is 10.3. The minimum atomic E-state index is -0.970. The van der Waals surface area contributed by atoms with E-state index in [4.69, 9.17) is 9.47 Å². The zero-order valence-corrected chi connectivity index (χ0v) is 12.9. The van der Waals surface area contributed by atoms with Crippen molar-refractivity contribution in [3.8, 4) is 11.5 Å². The molecule has 2 rings (SSSR count). The number of ether oxygens (including phenoxy) is 2. The van der Waals surface area contributed by atoms with Crippen LogP contribution < -0.4 is 9.47 Å². The van der Waals surface area contributed by atoms with E-state index in [1.807, 2.05) is 6.92 Å². The van der Waals surface area contributed by atoms with Gasteiger partial charge in [-0.2, -0.15) is 0 Å². The maximum absolute atomic E-state index is 10.3. The highest BCUT2D eigenvalue weighted by Gasteiger charge is 2.39. The predicted octanol–water partition coefficient (Wildman–Crippen LogP) is 0.806. The Morgan fingerprint density at radius 1 is 1.43 bits per heavy atom. The summed E-state index contributed by atoms with van der Waals surface area (Å²) in [4.78, 5) is 6.41. The van der Waals surface area contributed by atoms with Crippen molar-refractivity contribution < 1.29 is 19.7 Å². The van der Waals surface area contributed by atoms with Gasteiger partial charge in [0.25, 0.3) is 0 Å². The Morgan fingerprint density at radius 2 is 2.19 bits per heavy atom. The highest BCUT2D eigenvalue weighted by molar-refractivity contribution is 5.42. The summed E-state index contributed by atoms with van der Waals surface area (Å²) >= 11 is 0. The minimum Gasteiger partial charge on any atom is -0.493 e. The molecule has 6 nitrogen and oxygen atoms in total. The summed E-state index contributed by atoms with van der Waals surface area (Å²) in [5, 5.41) is 20.4. The van der Waals surface area contributed by atoms with Gasteiger partial charge in [-0.25, -0.2) is 0 Å². The maximum Gasteiger partial charge on any atom is 0.183 e. The molecule has 0 aliphatic carbocycles. The van der Waals surface area contributed by atoms with Gasteiger partial charge in [-0.05, 0) is 12.8 Å². The van der Waals surface area contributed by atoms with Crippen LogP contribution in [0, 0.1) is 0 Å². The predicted molar refractivity (Wildman–Crippen MR) is 78.5 cm³/mol. The number of hydrogen-bond acceptors (Lipinski definition) is 6. The smallest absolute Gasteiger partial charge is 0.183 e. The summed E-state index contributed by atoms with van der Waals surface area (Å²) in [6, 6.07) is 1.75. The number of pyridine rings is 1. The second-order valence-electron chi connectivity index (χ2n) is 5.45. The zero-order chi connectivity index (χ0) is 15.5. The molecule has 0 bridgehead atoms. The minimum absolute atomic E-state index is 0.423. The van der Waals surface area contributed by atoms with Crippen LogP contribution in [0.4, 0.5) is 0 Å². The molecule has 1 aliphatic heterocycles. The van der Waals surface area contributed by atoms with Crippen LogP contribution in [-0.2, 0) is 6.54 Å². The van der Waals surface area contributed by atoms with Crippen LogP contribution in [0.15, 0.2) is 12.3 Å². The van der Waals surface area contributed by atoms with Crippen molar-refractivity contribution in [2.24, 2.45) is 0 Å². The summed E-state index contributed by atoms with van der Waals surface area (Å²) in [6.07, 6.45) is 2.05. The topological polar surface area (TPSA) is 75.1 Å². The van der Waals surface area contributed by atoms with Crippen LogP contribution in [0.5, 0.6) is 11.5 Å². The van der Waals surface area contributed by atoms with E-state index in [2.05, 4.69) is 9.88 Å². The summed E-state index contributed by atoms with van der Waals surface area (Å²) in [7, 11) is 3.18. The number of aliphatic hydroxyl groups excluding tert-OH is 1. The Bertz CT molecular complexity index is 483. The van der Waals surface area contributed by atoms with Gasteiger partial charge in [-0.1, -0.05) is 6.92 Å². The van der Waals surface area contributed by atoms with Crippen molar-refractivity contribution in [2.45, 2.75) is 38.0 Å². The molecule has 1 aromatic heterocycles. The molecule has 21 heavy (non-hydrogen) atoms. The molecule has 1 saturated heterocycles. The molecule has 2 heterocycles. The van der Waals surface area contributed by atoms with Crippen LogP contribution in [0.2, 0.25) is 0 Å². The number of rotatable bonds is 5. The van der Waals surface area contributed by atoms with Crippen molar-refractivity contribution in [1.29, 1.82) is 0 Å². The van der Waals surface area contributed by atoms with Crippen LogP contribution in [-0.4, -0.2) is 59.1 Å². The van der Waals surface area contributed by atoms with E-state index >= 15 is 0 Å². The molecule has 0 unspecified atom stereocenters. The van der Waals surface area contributed by atoms with E-state index in [-0.39, 0.29) is 0 Å². The van der Waals surface area contributed by atoms with Crippen molar-refractivity contribution in [2.75, 3.05) is 27.3 Å². The van der Waals surface area contributed by atoms with Gasteiger partial charge < -0.3 is 19.7 Å². The molecule has 1 aromatic rings. The average molecular weight is 296 g/mol. The van der Waals surface area contributed by atoms with Gasteiger partial charge >= 0.3 is 0 Å². The van der Waals surface area contributed by atoms with E-state index < -0.39 is 11.7 Å². The molecule has 6 heteroatoms. The van der Waals surface area contributed by atoms with E-state index in [9.17, 15) is 10.2 Å². The van der Waals surface area contributed by atoms with Gasteiger partial charge in [0.2, 0.25) is 0 Å². The van der Waals surface area contributed by atoms with Crippen molar-refractivity contribution in [3.63, 3.8) is 0 Å². The van der Waals surface area contributed by atoms with Gasteiger partial charge in [-0.15, -0.1) is 0 Å². The molecule has 0 amide bonds. The van der Waals surface area contributed by atoms with E-state index in [1.54, 1.807) is 26.5 Å². The number of hydrogen-bond donors (Lipinski definition) is 2. The lowest BCUT2D eigenvalue weighted by Crippen LogP contribution is -2.54. The summed E-state index contributed by atoms with van der Waals surface area (Å²) in [5.74, 6) is 1.26. The van der Waals surface area contributed by atoms with Crippen molar-refractivity contribution >= 4 is 0 Å². The molecule has 0 spiro atoms. The third-order valence-corrected chi connectivity index (χ3v) is 4.26. The normalized spacial score (nSPS) is 26.6. The third-order valence-electron chi connectivity index (χ3n) is 4.26. The number of nitrogens with zero attached hydrogens (tertiary/aromatic N) is 2. The Labute approximate surface area is 125 Å². The fourth-order valence-corrected chi connectivity index (χ4v) is 2.76. The van der Waals surface area contributed by atoms with Crippen molar-refractivity contribution in [3.05, 3.63) is 18.0 Å². The molecule has 2 atom stereocenters. The number of aromatic nitrogens is 1. The summed E-state index contributed by atoms with van der Waals surface area (Å²) < 4.78 is 10.6. The number of methoxy groups -OCH3 is 2. The van der Waals surface area contributed by atoms with Crippen LogP contribution >= 0.6 is 0 Å². The van der Waals surface area contributed by atoms with E-state index in [0.717, 1.165) is 5.69 Å². The SMILES string of the molecule is CC[C@]1(O)CCN(Cc2nccc(OC)c2OC)C[C@@H]1O. The molecular weight excluding hydrogens is 272 g/mol. The second kappa shape index (κ2) is 6.60. The molecule has 0 saturated carbocycles. The van der Waals surface area contributed by atoms with Crippen LogP contribution in [0.1, 0.15) is 25.5 Å². The summed E-state index contributed by atoms with van der Waals surface area (Å²) in [5.41, 5.74) is -0.200. The Kier molecular flexibility index (Phi) is 5.03. The Morgan fingerprint density at radius 3 is 2.76 bits per heavy atom. The second-order valence-corrected chi connectivity index (χ2v) is 5.45. The highest BCUT2D eigenvalue weighted by atomic mass is 16.5. The van der Waals surface area contributed by atoms with Gasteiger partial charge in [0, 0.05) is 31.9 Å². The highest BCUT2D eigenvalue weighted by Crippen LogP contribution is 2.32. The first-order chi connectivity index (χ1) is 10.0. The van der Waals surface area contributed by atoms with Crippen LogP contribution in [0.25, 0.3) is 0 Å². The fraction of sp³-hybridized carbons (Fsp3) is 0.667. The lowest BCUT2D eigenvalue weighted by Gasteiger charge is -2.41. The van der Waals surface area contributed by atoms with E-state index in [0.29, 0.717) is 44.0 Å². The number of likely N-dealkylation sites (tertiary alicyclic amines) is 1. The van der Waals surface area contributed by atoms with Crippen molar-refractivity contribution in [1.82, 2.24) is 9.88 Å². The average Bonchev–Trinajstić information content (AvgIpc) is 2.50. The number of aliphatic hydroxyl groups is 2. The first-order valence-corrected chi connectivity index (χ1v) is 7.22. The van der Waals surface area contributed by atoms with Gasteiger partial charge in [0.05, 0.1) is 25.9 Å². The Hall–Kier alpha value is -1.37. The lowest BCUT2D eigenvalue weighted by atomic mass is 9.86. The molecule has 2 N–H and O–H groups in total. The van der Waals surface area contributed by atoms with Gasteiger partial charge in [0.1, 0.15) is 5.69 Å². The molecule has 0 aromatic carbocycles. The number of piperidine rings is 1. The standard InChI is InChI=1S/C15H24N2O4/c1-4-15(19)6-8-17(10-13(15)18)9-11-14(21-3)12(20-2)5-7-16-11/h5,7,13,18-19H,4,6,8-10H2,1-3H3/t13-,15-/m0/s1. The number of β-amino-alcohol motifs (C(OH)–C–C–N with tert-alkyl or cyclic N) is 1. The molecule has 0 radical (unpaired) electrons. The quantitative estimate of drug-likeness (QED) is 0.837. The molecule has 1 aliphatic rings. The Balaban J connectivity index is 2.10. The summed E-state index contributed by atoms with van der Waals surface area (Å²) in [6.45, 7) is 3.58. The molecule has 118 valence electrons. The monoisotopic (exact) mass is 296 g/mol. The van der Waals surface area contributed by atoms with Crippen LogP contribution in [0.3, 0.4) is 0 Å².